The van der Waals surface area contributed by atoms with Gasteiger partial charge in [-0.05, 0) is 53.4 Å². The third-order valence-corrected chi connectivity index (χ3v) is 6.06. The van der Waals surface area contributed by atoms with Gasteiger partial charge >= 0.3 is 0 Å². The number of fused-ring (bicyclic) bond motifs is 1. The lowest BCUT2D eigenvalue weighted by Gasteiger charge is -2.12. The quantitative estimate of drug-likeness (QED) is 0.315. The molecule has 0 aliphatic carbocycles. The van der Waals surface area contributed by atoms with Crippen molar-refractivity contribution < 1.29 is 9.53 Å². The van der Waals surface area contributed by atoms with Crippen LogP contribution in [0.15, 0.2) is 72.8 Å². The van der Waals surface area contributed by atoms with Crippen molar-refractivity contribution in [3.8, 4) is 5.75 Å². The van der Waals surface area contributed by atoms with Crippen LogP contribution in [0.3, 0.4) is 0 Å². The van der Waals surface area contributed by atoms with Crippen molar-refractivity contribution in [3.05, 3.63) is 94.8 Å². The number of aromatic nitrogens is 2. The molecule has 0 radical (unpaired) electrons. The summed E-state index contributed by atoms with van der Waals surface area (Å²) in [6, 6.07) is 23.7. The van der Waals surface area contributed by atoms with Gasteiger partial charge < -0.3 is 14.6 Å². The maximum atomic E-state index is 12.3. The van der Waals surface area contributed by atoms with Gasteiger partial charge in [0.05, 0.1) is 24.0 Å². The molecule has 176 valence electrons. The fourth-order valence-electron chi connectivity index (χ4n) is 3.93. The highest BCUT2D eigenvalue weighted by molar-refractivity contribution is 6.30. The summed E-state index contributed by atoms with van der Waals surface area (Å²) in [5.74, 6) is 2.29. The normalized spacial score (nSPS) is 11.2. The first-order chi connectivity index (χ1) is 16.5. The van der Waals surface area contributed by atoms with Gasteiger partial charge in [-0.1, -0.05) is 61.8 Å². The Labute approximate surface area is 205 Å². The van der Waals surface area contributed by atoms with Crippen LogP contribution >= 0.6 is 11.6 Å². The minimum absolute atomic E-state index is 0.0156. The smallest absolute Gasteiger partial charge is 0.224 e. The molecule has 0 saturated carbocycles. The lowest BCUT2D eigenvalue weighted by atomic mass is 10.0. The van der Waals surface area contributed by atoms with E-state index in [9.17, 15) is 4.79 Å². The van der Waals surface area contributed by atoms with Crippen LogP contribution in [0.2, 0.25) is 5.02 Å². The Morgan fingerprint density at radius 3 is 2.50 bits per heavy atom. The lowest BCUT2D eigenvalue weighted by Crippen LogP contribution is -2.28. The molecule has 3 aromatic carbocycles. The van der Waals surface area contributed by atoms with Gasteiger partial charge in [0, 0.05) is 18.0 Å². The van der Waals surface area contributed by atoms with Crippen molar-refractivity contribution in [2.75, 3.05) is 13.2 Å². The Morgan fingerprint density at radius 2 is 1.76 bits per heavy atom. The Bertz CT molecular complexity index is 1230. The van der Waals surface area contributed by atoms with E-state index in [2.05, 4.69) is 41.9 Å². The van der Waals surface area contributed by atoms with Crippen LogP contribution in [0.5, 0.6) is 5.75 Å². The van der Waals surface area contributed by atoms with E-state index in [0.29, 0.717) is 43.5 Å². The predicted molar refractivity (Wildman–Crippen MR) is 138 cm³/mol. The minimum atomic E-state index is -0.0156. The summed E-state index contributed by atoms with van der Waals surface area (Å²) in [5, 5.41) is 3.67. The first-order valence-electron chi connectivity index (χ1n) is 11.7. The van der Waals surface area contributed by atoms with E-state index in [4.69, 9.17) is 21.3 Å². The number of hydrogen-bond donors (Lipinski definition) is 1. The molecule has 1 amide bonds. The second-order valence-corrected chi connectivity index (χ2v) is 9.08. The zero-order chi connectivity index (χ0) is 23.9. The fraction of sp³-hybridized carbons (Fsp3) is 0.286. The number of nitrogens with zero attached hydrogens (tertiary/aromatic N) is 2. The maximum absolute atomic E-state index is 12.3. The van der Waals surface area contributed by atoms with Gasteiger partial charge in [-0.2, -0.15) is 0 Å². The monoisotopic (exact) mass is 475 g/mol. The van der Waals surface area contributed by atoms with Gasteiger partial charge in [-0.25, -0.2) is 4.98 Å². The number of benzene rings is 3. The molecule has 1 heterocycles. The summed E-state index contributed by atoms with van der Waals surface area (Å²) in [6.45, 7) is 6.11. The van der Waals surface area contributed by atoms with Crippen LogP contribution < -0.4 is 10.1 Å². The van der Waals surface area contributed by atoms with E-state index in [1.807, 2.05) is 42.5 Å². The molecular formula is C28H30ClN3O2. The summed E-state index contributed by atoms with van der Waals surface area (Å²) in [5.41, 5.74) is 4.26. The molecule has 1 N–H and O–H groups in total. The van der Waals surface area contributed by atoms with Crippen LogP contribution in [0, 0.1) is 0 Å². The molecule has 6 heteroatoms. The van der Waals surface area contributed by atoms with Gasteiger partial charge in [0.2, 0.25) is 5.91 Å². The summed E-state index contributed by atoms with van der Waals surface area (Å²) in [7, 11) is 0. The highest BCUT2D eigenvalue weighted by atomic mass is 35.5. The second-order valence-electron chi connectivity index (χ2n) is 8.64. The largest absolute Gasteiger partial charge is 0.492 e. The highest BCUT2D eigenvalue weighted by Crippen LogP contribution is 2.20. The van der Waals surface area contributed by atoms with E-state index in [1.165, 1.54) is 5.56 Å². The number of imidazole rings is 1. The third-order valence-electron chi connectivity index (χ3n) is 5.81. The van der Waals surface area contributed by atoms with Crippen LogP contribution in [-0.2, 0) is 24.2 Å². The van der Waals surface area contributed by atoms with Crippen LogP contribution in [0.4, 0.5) is 0 Å². The minimum Gasteiger partial charge on any atom is -0.492 e. The predicted octanol–water partition coefficient (Wildman–Crippen LogP) is 5.79. The Morgan fingerprint density at radius 1 is 1.03 bits per heavy atom. The molecule has 0 spiro atoms. The number of rotatable bonds is 10. The van der Waals surface area contributed by atoms with Gasteiger partial charge in [-0.15, -0.1) is 0 Å². The Hall–Kier alpha value is -3.31. The van der Waals surface area contributed by atoms with Crippen molar-refractivity contribution >= 4 is 28.5 Å². The van der Waals surface area contributed by atoms with E-state index in [1.54, 1.807) is 12.1 Å². The first kappa shape index (κ1) is 23.8. The van der Waals surface area contributed by atoms with Gasteiger partial charge in [0.1, 0.15) is 18.2 Å². The average Bonchev–Trinajstić information content (AvgIpc) is 3.18. The number of halogens is 1. The lowest BCUT2D eigenvalue weighted by molar-refractivity contribution is -0.120. The highest BCUT2D eigenvalue weighted by Gasteiger charge is 2.11. The molecule has 1 aromatic heterocycles. The number of carbonyl (C=O) groups is 1. The third kappa shape index (κ3) is 6.17. The summed E-state index contributed by atoms with van der Waals surface area (Å²) < 4.78 is 8.19. The van der Waals surface area contributed by atoms with Crippen molar-refractivity contribution in [2.45, 2.75) is 39.2 Å². The van der Waals surface area contributed by atoms with Crippen molar-refractivity contribution in [1.82, 2.24) is 14.9 Å². The fourth-order valence-corrected chi connectivity index (χ4v) is 4.06. The van der Waals surface area contributed by atoms with E-state index in [-0.39, 0.29) is 5.91 Å². The molecule has 0 aliphatic heterocycles. The average molecular weight is 476 g/mol. The van der Waals surface area contributed by atoms with Crippen LogP contribution in [-0.4, -0.2) is 28.6 Å². The molecule has 0 aliphatic rings. The Balaban J connectivity index is 1.35. The second kappa shape index (κ2) is 11.2. The number of nitrogens with one attached hydrogen (secondary N) is 1. The molecular weight excluding hydrogens is 446 g/mol. The molecule has 5 nitrogen and oxygen atoms in total. The van der Waals surface area contributed by atoms with E-state index in [0.717, 1.165) is 28.2 Å². The standard InChI is InChI=1S/C28H30ClN3O2/c1-20(2)22-9-13-24(14-10-22)34-18-17-32-26-6-4-3-5-25(26)31-27(32)15-16-30-28(33)19-21-7-11-23(29)12-8-21/h3-14,20H,15-19H2,1-2H3,(H,30,33). The molecule has 0 bridgehead atoms. The number of para-hydroxylation sites is 2. The Kier molecular flexibility index (Phi) is 7.86. The van der Waals surface area contributed by atoms with E-state index >= 15 is 0 Å². The summed E-state index contributed by atoms with van der Waals surface area (Å²) >= 11 is 5.92. The molecule has 0 fully saturated rings. The first-order valence-corrected chi connectivity index (χ1v) is 12.1. The molecule has 0 atom stereocenters. The number of ether oxygens (including phenoxy) is 1. The van der Waals surface area contributed by atoms with Crippen molar-refractivity contribution in [3.63, 3.8) is 0 Å². The molecule has 4 aromatic rings. The number of hydrogen-bond acceptors (Lipinski definition) is 3. The van der Waals surface area contributed by atoms with E-state index < -0.39 is 0 Å². The van der Waals surface area contributed by atoms with Gasteiger partial charge in [0.25, 0.3) is 0 Å². The summed E-state index contributed by atoms with van der Waals surface area (Å²) in [6.07, 6.45) is 0.973. The zero-order valence-electron chi connectivity index (χ0n) is 19.6. The maximum Gasteiger partial charge on any atom is 0.224 e. The summed E-state index contributed by atoms with van der Waals surface area (Å²) in [4.78, 5) is 17.1. The molecule has 4 rings (SSSR count). The molecule has 34 heavy (non-hydrogen) atoms. The number of carbonyl (C=O) groups excluding carboxylic acids is 1. The molecule has 0 unspecified atom stereocenters. The number of amides is 1. The molecule has 0 saturated heterocycles. The SMILES string of the molecule is CC(C)c1ccc(OCCn2c(CCNC(=O)Cc3ccc(Cl)cc3)nc3ccccc32)cc1. The van der Waals surface area contributed by atoms with Crippen LogP contribution in [0.25, 0.3) is 11.0 Å². The topological polar surface area (TPSA) is 56.1 Å². The zero-order valence-corrected chi connectivity index (χ0v) is 20.4. The van der Waals surface area contributed by atoms with Crippen molar-refractivity contribution in [2.24, 2.45) is 0 Å². The van der Waals surface area contributed by atoms with Crippen LogP contribution in [0.1, 0.15) is 36.7 Å². The van der Waals surface area contributed by atoms with Gasteiger partial charge in [0.15, 0.2) is 0 Å². The van der Waals surface area contributed by atoms with Gasteiger partial charge in [-0.3, -0.25) is 4.79 Å². The van der Waals surface area contributed by atoms with Crippen molar-refractivity contribution in [1.29, 1.82) is 0 Å².